The zero-order valence-corrected chi connectivity index (χ0v) is 29.8. The molecule has 0 aliphatic rings. The van der Waals surface area contributed by atoms with E-state index in [4.69, 9.17) is 14.2 Å². The molecular weight excluding hydrogens is 591 g/mol. The number of aromatic hydroxyl groups is 1. The van der Waals surface area contributed by atoms with Gasteiger partial charge in [0.25, 0.3) is 0 Å². The molecule has 0 aliphatic heterocycles. The number of phenolic OH excluding ortho intramolecular Hbond substituents is 1. The highest BCUT2D eigenvalue weighted by Crippen LogP contribution is 2.40. The molecule has 45 heavy (non-hydrogen) atoms. The van der Waals surface area contributed by atoms with E-state index in [9.17, 15) is 19.3 Å². The van der Waals surface area contributed by atoms with Crippen LogP contribution in [0.25, 0.3) is 0 Å². The molecule has 3 atom stereocenters. The Kier molecular flexibility index (Phi) is 15.1. The van der Waals surface area contributed by atoms with Crippen molar-refractivity contribution in [3.05, 3.63) is 58.1 Å². The predicted octanol–water partition coefficient (Wildman–Crippen LogP) is 7.39. The average molecular weight is 647 g/mol. The number of nitrogens with one attached hydrogen (secondary N) is 2. The fourth-order valence-electron chi connectivity index (χ4n) is 4.96. The molecule has 1 unspecified atom stereocenters. The fourth-order valence-corrected chi connectivity index (χ4v) is 7.22. The van der Waals surface area contributed by atoms with Crippen LogP contribution in [-0.4, -0.2) is 48.7 Å². The molecule has 0 aromatic heterocycles. The fraction of sp³-hybridized carbons (Fsp3) is 0.600. The Morgan fingerprint density at radius 2 is 1.31 bits per heavy atom. The maximum Gasteiger partial charge on any atom is 0.323 e. The summed E-state index contributed by atoms with van der Waals surface area (Å²) in [5.41, 5.74) is 5.16. The Labute approximate surface area is 270 Å². The normalized spacial score (nSPS) is 14.3. The van der Waals surface area contributed by atoms with Crippen molar-refractivity contribution in [3.8, 4) is 11.5 Å². The molecule has 0 saturated heterocycles. The van der Waals surface area contributed by atoms with E-state index in [1.54, 1.807) is 6.07 Å². The molecule has 2 rings (SSSR count). The number of hydrogen-bond donors (Lipinski definition) is 3. The molecule has 0 saturated carbocycles. The monoisotopic (exact) mass is 646 g/mol. The van der Waals surface area contributed by atoms with Gasteiger partial charge in [-0.3, -0.25) is 14.2 Å². The van der Waals surface area contributed by atoms with Crippen LogP contribution in [0.15, 0.2) is 30.3 Å². The Balaban J connectivity index is 2.39. The second kappa shape index (κ2) is 17.7. The molecule has 0 fully saturated rings. The van der Waals surface area contributed by atoms with Crippen molar-refractivity contribution < 1.29 is 33.5 Å². The summed E-state index contributed by atoms with van der Waals surface area (Å²) in [6, 6.07) is 7.77. The third-order valence-electron chi connectivity index (χ3n) is 7.61. The van der Waals surface area contributed by atoms with E-state index in [0.717, 1.165) is 27.8 Å². The van der Waals surface area contributed by atoms with Gasteiger partial charge >= 0.3 is 11.9 Å². The molecule has 9 nitrogen and oxygen atoms in total. The van der Waals surface area contributed by atoms with E-state index in [1.165, 1.54) is 0 Å². The Hall–Kier alpha value is -2.87. The number of aryl methyl sites for hydroxylation is 2. The Morgan fingerprint density at radius 1 is 0.822 bits per heavy atom. The van der Waals surface area contributed by atoms with Crippen LogP contribution in [0, 0.1) is 25.7 Å². The van der Waals surface area contributed by atoms with Crippen LogP contribution < -0.4 is 14.9 Å². The molecular formula is C35H55N2O7P. The topological polar surface area (TPSA) is 123 Å². The summed E-state index contributed by atoms with van der Waals surface area (Å²) >= 11 is 0. The third kappa shape index (κ3) is 11.5. The lowest BCUT2D eigenvalue weighted by Crippen LogP contribution is -2.48. The first-order chi connectivity index (χ1) is 21.1. The number of benzene rings is 2. The van der Waals surface area contributed by atoms with Crippen LogP contribution in [0.5, 0.6) is 11.5 Å². The molecule has 10 heteroatoms. The molecule has 2 aromatic rings. The maximum atomic E-state index is 14.6. The van der Waals surface area contributed by atoms with E-state index >= 15 is 0 Å². The molecule has 0 amide bonds. The second-order valence-corrected chi connectivity index (χ2v) is 15.1. The summed E-state index contributed by atoms with van der Waals surface area (Å²) < 4.78 is 31.5. The first-order valence-electron chi connectivity index (χ1n) is 16.1. The standard InChI is InChI=1S/C35H55N2O7P/c1-11-15-42-34(39)32(23(5)6)36-45(41,37-33(24(7)8)35(40)43-16-12-2)21-44-28-17-25(9)30(26(10)18-28)20-27-13-14-31(38)29(19-27)22(3)4/h13-14,17-19,22-24,32-33,38H,11-12,15-16,20-21H2,1-10H3,(H2,36,37,41)/t32-,33+,45?. The summed E-state index contributed by atoms with van der Waals surface area (Å²) in [7, 11) is -3.74. The van der Waals surface area contributed by atoms with Crippen LogP contribution in [0.3, 0.4) is 0 Å². The zero-order chi connectivity index (χ0) is 33.9. The summed E-state index contributed by atoms with van der Waals surface area (Å²) in [5.74, 6) is -0.468. The van der Waals surface area contributed by atoms with Gasteiger partial charge in [-0.15, -0.1) is 0 Å². The van der Waals surface area contributed by atoms with Gasteiger partial charge in [0.05, 0.1) is 13.2 Å². The molecule has 3 N–H and O–H groups in total. The zero-order valence-electron chi connectivity index (χ0n) is 28.9. The van der Waals surface area contributed by atoms with Crippen LogP contribution in [-0.2, 0) is 30.0 Å². The van der Waals surface area contributed by atoms with Crippen molar-refractivity contribution >= 4 is 19.4 Å². The Bertz CT molecular complexity index is 1260. The van der Waals surface area contributed by atoms with Gasteiger partial charge in [-0.05, 0) is 96.9 Å². The number of carbonyl (C=O) groups is 2. The number of carbonyl (C=O) groups excluding carboxylic acids is 2. The highest BCUT2D eigenvalue weighted by Gasteiger charge is 2.38. The number of esters is 2. The average Bonchev–Trinajstić information content (AvgIpc) is 2.97. The van der Waals surface area contributed by atoms with Crippen molar-refractivity contribution in [2.75, 3.05) is 19.6 Å². The molecule has 0 spiro atoms. The van der Waals surface area contributed by atoms with Gasteiger partial charge in [-0.2, -0.15) is 0 Å². The van der Waals surface area contributed by atoms with Gasteiger partial charge in [0.1, 0.15) is 23.6 Å². The van der Waals surface area contributed by atoms with Gasteiger partial charge in [0, 0.05) is 0 Å². The molecule has 0 radical (unpaired) electrons. The van der Waals surface area contributed by atoms with Gasteiger partial charge in [-0.1, -0.05) is 67.5 Å². The van der Waals surface area contributed by atoms with Gasteiger partial charge in [0.2, 0.25) is 7.44 Å². The van der Waals surface area contributed by atoms with Gasteiger partial charge < -0.3 is 19.3 Å². The second-order valence-electron chi connectivity index (χ2n) is 12.8. The third-order valence-corrected chi connectivity index (χ3v) is 9.49. The van der Waals surface area contributed by atoms with Gasteiger partial charge in [-0.25, -0.2) is 10.2 Å². The number of hydrogen-bond acceptors (Lipinski definition) is 7. The highest BCUT2D eigenvalue weighted by atomic mass is 31.2. The van der Waals surface area contributed by atoms with Crippen molar-refractivity contribution in [2.45, 2.75) is 107 Å². The molecule has 252 valence electrons. The first kappa shape index (κ1) is 38.3. The molecule has 0 heterocycles. The van der Waals surface area contributed by atoms with Crippen LogP contribution >= 0.6 is 7.44 Å². The minimum absolute atomic E-state index is 0.202. The molecule has 0 bridgehead atoms. The van der Waals surface area contributed by atoms with E-state index in [2.05, 4.69) is 24.0 Å². The van der Waals surface area contributed by atoms with Gasteiger partial charge in [0.15, 0.2) is 6.35 Å². The lowest BCUT2D eigenvalue weighted by molar-refractivity contribution is -0.147. The largest absolute Gasteiger partial charge is 0.508 e. The number of ether oxygens (including phenoxy) is 3. The van der Waals surface area contributed by atoms with E-state index in [0.29, 0.717) is 30.8 Å². The molecule has 2 aromatic carbocycles. The van der Waals surface area contributed by atoms with Crippen molar-refractivity contribution in [2.24, 2.45) is 11.8 Å². The van der Waals surface area contributed by atoms with Crippen LogP contribution in [0.1, 0.15) is 102 Å². The molecule has 0 aliphatic carbocycles. The van der Waals surface area contributed by atoms with Crippen molar-refractivity contribution in [1.82, 2.24) is 10.2 Å². The first-order valence-corrected chi connectivity index (χ1v) is 18.0. The highest BCUT2D eigenvalue weighted by molar-refractivity contribution is 7.59. The number of phenols is 1. The summed E-state index contributed by atoms with van der Waals surface area (Å²) in [4.78, 5) is 25.9. The van der Waals surface area contributed by atoms with Crippen LogP contribution in [0.4, 0.5) is 0 Å². The van der Waals surface area contributed by atoms with E-state index < -0.39 is 31.5 Å². The summed E-state index contributed by atoms with van der Waals surface area (Å²) in [6.07, 6.45) is 1.70. The van der Waals surface area contributed by atoms with Crippen molar-refractivity contribution in [3.63, 3.8) is 0 Å². The predicted molar refractivity (Wildman–Crippen MR) is 180 cm³/mol. The lowest BCUT2D eigenvalue weighted by Gasteiger charge is -2.31. The SMILES string of the molecule is CCCOC(=O)[C@@H](NP(=O)(COc1cc(C)c(Cc2ccc(O)c(C(C)C)c2)c(C)c1)N[C@@H](C(=O)OCCC)C(C)C)C(C)C. The van der Waals surface area contributed by atoms with Crippen molar-refractivity contribution in [1.29, 1.82) is 0 Å². The minimum atomic E-state index is -3.74. The smallest absolute Gasteiger partial charge is 0.323 e. The number of rotatable bonds is 18. The summed E-state index contributed by atoms with van der Waals surface area (Å²) in [5, 5.41) is 16.3. The van der Waals surface area contributed by atoms with E-state index in [1.807, 2.05) is 79.7 Å². The Morgan fingerprint density at radius 3 is 1.73 bits per heavy atom. The summed E-state index contributed by atoms with van der Waals surface area (Å²) in [6.45, 7) is 19.8. The minimum Gasteiger partial charge on any atom is -0.508 e. The van der Waals surface area contributed by atoms with Crippen LogP contribution in [0.2, 0.25) is 0 Å². The quantitative estimate of drug-likeness (QED) is 0.112. The maximum absolute atomic E-state index is 14.6. The van der Waals surface area contributed by atoms with E-state index in [-0.39, 0.29) is 37.3 Å². The lowest BCUT2D eigenvalue weighted by atomic mass is 9.93.